The summed E-state index contributed by atoms with van der Waals surface area (Å²) in [4.78, 5) is 0. The van der Waals surface area contributed by atoms with Crippen molar-refractivity contribution in [3.8, 4) is 0 Å². The van der Waals surface area contributed by atoms with Gasteiger partial charge in [0.1, 0.15) is 7.85 Å². The van der Waals surface area contributed by atoms with Gasteiger partial charge in [-0.2, -0.15) is 13.2 Å². The lowest BCUT2D eigenvalue weighted by Gasteiger charge is -2.12. The lowest BCUT2D eigenvalue weighted by atomic mass is 9.93. The zero-order valence-corrected chi connectivity index (χ0v) is 14.1. The Labute approximate surface area is 147 Å². The van der Waals surface area contributed by atoms with Crippen LogP contribution in [0.25, 0.3) is 5.57 Å². The second-order valence-electron chi connectivity index (χ2n) is 6.40. The van der Waals surface area contributed by atoms with Crippen LogP contribution in [-0.4, -0.2) is 7.85 Å². The van der Waals surface area contributed by atoms with Crippen molar-refractivity contribution in [2.24, 2.45) is 0 Å². The fourth-order valence-corrected chi connectivity index (χ4v) is 2.96. The molecular formula is C20H19BF3N. The molecule has 0 aliphatic heterocycles. The first-order valence-electron chi connectivity index (χ1n) is 8.38. The number of allylic oxidation sites excluding steroid dienone is 2. The number of benzene rings is 2. The molecule has 0 aromatic heterocycles. The second-order valence-corrected chi connectivity index (χ2v) is 6.40. The Kier molecular flexibility index (Phi) is 4.93. The molecule has 1 N–H and O–H groups in total. The van der Waals surface area contributed by atoms with Gasteiger partial charge in [-0.3, -0.25) is 0 Å². The minimum Gasteiger partial charge on any atom is -0.381 e. The highest BCUT2D eigenvalue weighted by Gasteiger charge is 2.30. The van der Waals surface area contributed by atoms with E-state index in [1.165, 1.54) is 29.2 Å². The van der Waals surface area contributed by atoms with Crippen molar-refractivity contribution in [3.05, 3.63) is 64.7 Å². The van der Waals surface area contributed by atoms with E-state index in [2.05, 4.69) is 24.4 Å². The van der Waals surface area contributed by atoms with Crippen molar-refractivity contribution in [2.45, 2.75) is 38.9 Å². The molecule has 5 heteroatoms. The highest BCUT2D eigenvalue weighted by molar-refractivity contribution is 6.32. The average molecular weight is 341 g/mol. The number of hydrogen-bond donors (Lipinski definition) is 1. The Morgan fingerprint density at radius 2 is 1.80 bits per heavy atom. The minimum absolute atomic E-state index is 0.0943. The molecule has 1 nitrogen and oxygen atoms in total. The summed E-state index contributed by atoms with van der Waals surface area (Å²) in [6, 6.07) is 11.7. The Hall–Kier alpha value is -2.17. The van der Waals surface area contributed by atoms with Crippen LogP contribution in [0.4, 0.5) is 18.9 Å². The Morgan fingerprint density at radius 1 is 1.08 bits per heavy atom. The predicted octanol–water partition coefficient (Wildman–Crippen LogP) is 5.07. The van der Waals surface area contributed by atoms with E-state index < -0.39 is 11.7 Å². The quantitative estimate of drug-likeness (QED) is 0.724. The van der Waals surface area contributed by atoms with Crippen molar-refractivity contribution >= 4 is 24.6 Å². The molecule has 0 fully saturated rings. The number of anilines is 1. The van der Waals surface area contributed by atoms with Crippen molar-refractivity contribution in [1.29, 1.82) is 0 Å². The molecule has 25 heavy (non-hydrogen) atoms. The third-order valence-corrected chi connectivity index (χ3v) is 4.33. The number of halogens is 3. The van der Waals surface area contributed by atoms with Crippen LogP contribution in [0.15, 0.2) is 48.0 Å². The Bertz CT molecular complexity index is 792. The molecule has 128 valence electrons. The van der Waals surface area contributed by atoms with Gasteiger partial charge in [-0.05, 0) is 41.7 Å². The summed E-state index contributed by atoms with van der Waals surface area (Å²) in [7, 11) is 5.58. The maximum absolute atomic E-state index is 12.8. The molecule has 0 saturated heterocycles. The molecule has 0 spiro atoms. The van der Waals surface area contributed by atoms with Gasteiger partial charge in [-0.15, -0.1) is 0 Å². The summed E-state index contributed by atoms with van der Waals surface area (Å²) < 4.78 is 38.5. The van der Waals surface area contributed by atoms with E-state index in [0.717, 1.165) is 30.5 Å². The zero-order chi connectivity index (χ0) is 18.0. The molecule has 2 aromatic rings. The molecular weight excluding hydrogens is 322 g/mol. The van der Waals surface area contributed by atoms with E-state index in [9.17, 15) is 13.2 Å². The van der Waals surface area contributed by atoms with Crippen LogP contribution in [0.5, 0.6) is 0 Å². The number of alkyl halides is 3. The monoisotopic (exact) mass is 341 g/mol. The second kappa shape index (κ2) is 6.99. The van der Waals surface area contributed by atoms with E-state index in [-0.39, 0.29) is 5.46 Å². The zero-order valence-electron chi connectivity index (χ0n) is 14.1. The molecule has 3 rings (SSSR count). The fourth-order valence-electron chi connectivity index (χ4n) is 2.96. The first-order valence-corrected chi connectivity index (χ1v) is 8.38. The van der Waals surface area contributed by atoms with Gasteiger partial charge in [0.15, 0.2) is 0 Å². The molecule has 2 aromatic carbocycles. The third kappa shape index (κ3) is 4.47. The highest BCUT2D eigenvalue weighted by Crippen LogP contribution is 2.42. The van der Waals surface area contributed by atoms with Gasteiger partial charge in [-0.1, -0.05) is 54.7 Å². The SMILES string of the molecule is [B]c1cc(NCc2ccc(C3=C(CCC)C3)cc2)cc(C(F)(F)F)c1. The summed E-state index contributed by atoms with van der Waals surface area (Å²) in [6.07, 6.45) is -0.965. The normalized spacial score (nSPS) is 13.9. The van der Waals surface area contributed by atoms with Gasteiger partial charge in [0, 0.05) is 12.2 Å². The Morgan fingerprint density at radius 3 is 2.44 bits per heavy atom. The first kappa shape index (κ1) is 17.7. The van der Waals surface area contributed by atoms with E-state index >= 15 is 0 Å². The van der Waals surface area contributed by atoms with Crippen molar-refractivity contribution in [3.63, 3.8) is 0 Å². The van der Waals surface area contributed by atoms with Crippen LogP contribution >= 0.6 is 0 Å². The van der Waals surface area contributed by atoms with E-state index in [1.54, 1.807) is 0 Å². The van der Waals surface area contributed by atoms with E-state index in [4.69, 9.17) is 7.85 Å². The lowest BCUT2D eigenvalue weighted by molar-refractivity contribution is -0.137. The molecule has 0 heterocycles. The third-order valence-electron chi connectivity index (χ3n) is 4.33. The van der Waals surface area contributed by atoms with Crippen LogP contribution in [0.1, 0.15) is 42.9 Å². The summed E-state index contributed by atoms with van der Waals surface area (Å²) in [6.45, 7) is 2.63. The molecule has 0 bridgehead atoms. The van der Waals surface area contributed by atoms with Crippen LogP contribution < -0.4 is 10.8 Å². The van der Waals surface area contributed by atoms with Gasteiger partial charge >= 0.3 is 6.18 Å². The van der Waals surface area contributed by atoms with Crippen LogP contribution in [0.3, 0.4) is 0 Å². The van der Waals surface area contributed by atoms with Gasteiger partial charge in [0.05, 0.1) is 5.56 Å². The standard InChI is InChI=1S/C20H19BF3N/c1-2-3-15-8-19(15)14-6-4-13(5-7-14)12-25-18-10-16(20(22,23)24)9-17(21)11-18/h4-7,9-11,25H,2-3,8,12H2,1H3. The number of rotatable bonds is 6. The summed E-state index contributed by atoms with van der Waals surface area (Å²) in [5.41, 5.74) is 4.95. The van der Waals surface area contributed by atoms with Gasteiger partial charge in [0.2, 0.25) is 0 Å². The maximum atomic E-state index is 12.8. The van der Waals surface area contributed by atoms with Gasteiger partial charge < -0.3 is 5.32 Å². The maximum Gasteiger partial charge on any atom is 0.416 e. The summed E-state index contributed by atoms with van der Waals surface area (Å²) in [5.74, 6) is 0. The number of hydrogen-bond acceptors (Lipinski definition) is 1. The van der Waals surface area contributed by atoms with Gasteiger partial charge in [0.25, 0.3) is 0 Å². The molecule has 0 amide bonds. The molecule has 0 saturated carbocycles. The average Bonchev–Trinajstić information content (AvgIpc) is 3.32. The molecule has 0 unspecified atom stereocenters. The number of nitrogens with one attached hydrogen (secondary N) is 1. The molecule has 1 aliphatic rings. The first-order chi connectivity index (χ1) is 11.9. The van der Waals surface area contributed by atoms with Crippen molar-refractivity contribution in [1.82, 2.24) is 0 Å². The van der Waals surface area contributed by atoms with Crippen molar-refractivity contribution in [2.75, 3.05) is 5.32 Å². The van der Waals surface area contributed by atoms with Crippen LogP contribution in [0, 0.1) is 0 Å². The highest BCUT2D eigenvalue weighted by atomic mass is 19.4. The van der Waals surface area contributed by atoms with E-state index in [0.29, 0.717) is 12.2 Å². The summed E-state index contributed by atoms with van der Waals surface area (Å²) in [5, 5.41) is 3.02. The minimum atomic E-state index is -4.40. The largest absolute Gasteiger partial charge is 0.416 e. The topological polar surface area (TPSA) is 12.0 Å². The van der Waals surface area contributed by atoms with Crippen molar-refractivity contribution < 1.29 is 13.2 Å². The fraction of sp³-hybridized carbons (Fsp3) is 0.300. The molecule has 2 radical (unpaired) electrons. The van der Waals surface area contributed by atoms with Gasteiger partial charge in [-0.25, -0.2) is 0 Å². The van der Waals surface area contributed by atoms with Crippen LogP contribution in [0.2, 0.25) is 0 Å². The smallest absolute Gasteiger partial charge is 0.381 e. The lowest BCUT2D eigenvalue weighted by Crippen LogP contribution is -2.13. The predicted molar refractivity (Wildman–Crippen MR) is 97.0 cm³/mol. The molecule has 1 aliphatic carbocycles. The molecule has 0 atom stereocenters. The summed E-state index contributed by atoms with van der Waals surface area (Å²) >= 11 is 0. The van der Waals surface area contributed by atoms with Crippen LogP contribution in [-0.2, 0) is 12.7 Å². The van der Waals surface area contributed by atoms with E-state index in [1.807, 2.05) is 12.1 Å². The Balaban J connectivity index is 1.65.